The van der Waals surface area contributed by atoms with Crippen LogP contribution < -0.4 is 5.32 Å². The smallest absolute Gasteiger partial charge is 0.233 e. The van der Waals surface area contributed by atoms with Crippen molar-refractivity contribution in [3.63, 3.8) is 0 Å². The lowest BCUT2D eigenvalue weighted by Gasteiger charge is -2.30. The van der Waals surface area contributed by atoms with Gasteiger partial charge in [-0.1, -0.05) is 25.7 Å². The van der Waals surface area contributed by atoms with E-state index in [1.807, 2.05) is 18.9 Å². The molecule has 1 aliphatic heterocycles. The minimum atomic E-state index is 0.220. The number of fused-ring (bicyclic) bond motifs is 1. The highest BCUT2D eigenvalue weighted by molar-refractivity contribution is 8.01. The molecule has 1 saturated heterocycles. The van der Waals surface area contributed by atoms with Crippen molar-refractivity contribution in [3.05, 3.63) is 0 Å². The minimum Gasteiger partial charge on any atom is -0.381 e. The second-order valence-corrected chi connectivity index (χ2v) is 8.79. The number of amides is 1. The number of thioether (sulfide) groups is 1. The van der Waals surface area contributed by atoms with Gasteiger partial charge >= 0.3 is 0 Å². The van der Waals surface area contributed by atoms with Crippen LogP contribution in [0.5, 0.6) is 0 Å². The lowest BCUT2D eigenvalue weighted by Crippen LogP contribution is -2.35. The highest BCUT2D eigenvalue weighted by Gasteiger charge is 2.39. The molecule has 0 radical (unpaired) electrons. The molecule has 1 amide bonds. The molecule has 4 heteroatoms. The number of hydrogen-bond donors (Lipinski definition) is 1. The quantitative estimate of drug-likeness (QED) is 0.836. The molecule has 0 spiro atoms. The molecule has 2 aliphatic carbocycles. The number of methoxy groups -OCH3 is 1. The van der Waals surface area contributed by atoms with Crippen molar-refractivity contribution in [3.8, 4) is 0 Å². The van der Waals surface area contributed by atoms with Gasteiger partial charge in [0.2, 0.25) is 5.91 Å². The Morgan fingerprint density at radius 3 is 2.73 bits per heavy atom. The molecular weight excluding hydrogens is 294 g/mol. The van der Waals surface area contributed by atoms with Crippen LogP contribution in [0.4, 0.5) is 0 Å². The highest BCUT2D eigenvalue weighted by atomic mass is 32.2. The van der Waals surface area contributed by atoms with Gasteiger partial charge in [-0.25, -0.2) is 0 Å². The van der Waals surface area contributed by atoms with E-state index >= 15 is 0 Å². The van der Waals surface area contributed by atoms with E-state index in [9.17, 15) is 4.79 Å². The van der Waals surface area contributed by atoms with Crippen LogP contribution in [0.15, 0.2) is 0 Å². The molecule has 2 saturated carbocycles. The monoisotopic (exact) mass is 325 g/mol. The molecule has 3 nitrogen and oxygen atoms in total. The maximum Gasteiger partial charge on any atom is 0.233 e. The summed E-state index contributed by atoms with van der Waals surface area (Å²) in [4.78, 5) is 12.4. The standard InChI is InChI=1S/C18H31NO2S/c1-21-15-8-4-2-6-13(15)10-11-19-18(20)17-12-14-7-3-5-9-16(14)22-17/h13-17H,2-12H2,1H3,(H,19,20). The molecule has 5 unspecified atom stereocenters. The molecule has 5 atom stereocenters. The van der Waals surface area contributed by atoms with Crippen LogP contribution in [0.1, 0.15) is 64.2 Å². The Morgan fingerprint density at radius 1 is 1.14 bits per heavy atom. The SMILES string of the molecule is COC1CCCCC1CCNC(=O)C1CC2CCCCC2S1. The average Bonchev–Trinajstić information content (AvgIpc) is 2.99. The molecule has 1 heterocycles. The van der Waals surface area contributed by atoms with Crippen molar-refractivity contribution in [1.29, 1.82) is 0 Å². The first-order chi connectivity index (χ1) is 10.8. The summed E-state index contributed by atoms with van der Waals surface area (Å²) in [5.74, 6) is 1.74. The van der Waals surface area contributed by atoms with Gasteiger partial charge in [-0.15, -0.1) is 11.8 Å². The maximum absolute atomic E-state index is 12.4. The lowest BCUT2D eigenvalue weighted by molar-refractivity contribution is -0.120. The number of carbonyl (C=O) groups is 1. The van der Waals surface area contributed by atoms with Crippen LogP contribution in [0.25, 0.3) is 0 Å². The molecule has 3 aliphatic rings. The molecule has 22 heavy (non-hydrogen) atoms. The zero-order chi connectivity index (χ0) is 15.4. The summed E-state index contributed by atoms with van der Waals surface area (Å²) in [6.45, 7) is 0.829. The van der Waals surface area contributed by atoms with E-state index in [-0.39, 0.29) is 5.25 Å². The highest BCUT2D eigenvalue weighted by Crippen LogP contribution is 2.46. The van der Waals surface area contributed by atoms with Crippen LogP contribution in [0.3, 0.4) is 0 Å². The van der Waals surface area contributed by atoms with Gasteiger partial charge in [0, 0.05) is 18.9 Å². The van der Waals surface area contributed by atoms with E-state index in [1.165, 1.54) is 51.4 Å². The number of rotatable bonds is 5. The number of hydrogen-bond acceptors (Lipinski definition) is 3. The van der Waals surface area contributed by atoms with E-state index in [4.69, 9.17) is 4.74 Å². The normalized spacial score (nSPS) is 38.5. The Hall–Kier alpha value is -0.220. The molecule has 0 bridgehead atoms. The molecular formula is C18H31NO2S. The summed E-state index contributed by atoms with van der Waals surface area (Å²) in [5.41, 5.74) is 0. The van der Waals surface area contributed by atoms with Gasteiger partial charge < -0.3 is 10.1 Å². The third-order valence-corrected chi connectivity index (χ3v) is 7.65. The van der Waals surface area contributed by atoms with E-state index < -0.39 is 0 Å². The second-order valence-electron chi connectivity index (χ2n) is 7.34. The van der Waals surface area contributed by atoms with Gasteiger partial charge in [-0.3, -0.25) is 4.79 Å². The Balaban J connectivity index is 1.39. The Kier molecular flexibility index (Phi) is 6.09. The molecule has 0 aromatic carbocycles. The molecule has 0 aromatic rings. The zero-order valence-electron chi connectivity index (χ0n) is 13.9. The lowest BCUT2D eigenvalue weighted by atomic mass is 9.84. The zero-order valence-corrected chi connectivity index (χ0v) is 14.7. The van der Waals surface area contributed by atoms with Crippen molar-refractivity contribution in [1.82, 2.24) is 5.32 Å². The van der Waals surface area contributed by atoms with Gasteiger partial charge in [0.25, 0.3) is 0 Å². The minimum absolute atomic E-state index is 0.220. The van der Waals surface area contributed by atoms with Crippen LogP contribution >= 0.6 is 11.8 Å². The van der Waals surface area contributed by atoms with E-state index in [2.05, 4.69) is 5.32 Å². The van der Waals surface area contributed by atoms with E-state index in [0.717, 1.165) is 30.6 Å². The van der Waals surface area contributed by atoms with Crippen LogP contribution in [0, 0.1) is 11.8 Å². The number of carbonyl (C=O) groups excluding carboxylic acids is 1. The van der Waals surface area contributed by atoms with Gasteiger partial charge in [-0.05, 0) is 50.4 Å². The second kappa shape index (κ2) is 8.05. The van der Waals surface area contributed by atoms with Crippen LogP contribution in [0.2, 0.25) is 0 Å². The summed E-state index contributed by atoms with van der Waals surface area (Å²) < 4.78 is 5.61. The van der Waals surface area contributed by atoms with E-state index in [1.54, 1.807) is 0 Å². The third-order valence-electron chi connectivity index (χ3n) is 5.94. The van der Waals surface area contributed by atoms with E-state index in [0.29, 0.717) is 17.9 Å². The molecule has 3 fully saturated rings. The Bertz CT molecular complexity index is 362. The van der Waals surface area contributed by atoms with Crippen molar-refractivity contribution in [2.75, 3.05) is 13.7 Å². The van der Waals surface area contributed by atoms with Gasteiger partial charge in [-0.2, -0.15) is 0 Å². The largest absolute Gasteiger partial charge is 0.381 e. The summed E-state index contributed by atoms with van der Waals surface area (Å²) in [7, 11) is 1.83. The maximum atomic E-state index is 12.4. The molecule has 1 N–H and O–H groups in total. The Morgan fingerprint density at radius 2 is 1.91 bits per heavy atom. The van der Waals surface area contributed by atoms with Gasteiger partial charge in [0.05, 0.1) is 11.4 Å². The van der Waals surface area contributed by atoms with Crippen LogP contribution in [-0.4, -0.2) is 36.2 Å². The first kappa shape index (κ1) is 16.6. The Labute approximate surface area is 139 Å². The third kappa shape index (κ3) is 4.00. The fraction of sp³-hybridized carbons (Fsp3) is 0.944. The first-order valence-corrected chi connectivity index (χ1v) is 10.2. The fourth-order valence-corrected chi connectivity index (χ4v) is 6.40. The summed E-state index contributed by atoms with van der Waals surface area (Å²) in [6.07, 6.45) is 13.1. The summed E-state index contributed by atoms with van der Waals surface area (Å²) >= 11 is 1.96. The van der Waals surface area contributed by atoms with Crippen molar-refractivity contribution in [2.45, 2.75) is 80.8 Å². The van der Waals surface area contributed by atoms with Crippen LogP contribution in [-0.2, 0) is 9.53 Å². The van der Waals surface area contributed by atoms with Gasteiger partial charge in [0.15, 0.2) is 0 Å². The van der Waals surface area contributed by atoms with Gasteiger partial charge in [0.1, 0.15) is 0 Å². The number of ether oxygens (including phenoxy) is 1. The van der Waals surface area contributed by atoms with Crippen molar-refractivity contribution in [2.24, 2.45) is 11.8 Å². The predicted molar refractivity (Wildman–Crippen MR) is 92.1 cm³/mol. The summed E-state index contributed by atoms with van der Waals surface area (Å²) in [6, 6.07) is 0. The summed E-state index contributed by atoms with van der Waals surface area (Å²) in [5, 5.41) is 4.20. The van der Waals surface area contributed by atoms with Crippen molar-refractivity contribution < 1.29 is 9.53 Å². The molecule has 3 rings (SSSR count). The number of nitrogens with one attached hydrogen (secondary N) is 1. The van der Waals surface area contributed by atoms with Crippen molar-refractivity contribution >= 4 is 17.7 Å². The average molecular weight is 326 g/mol. The topological polar surface area (TPSA) is 38.3 Å². The molecule has 126 valence electrons. The fourth-order valence-electron chi connectivity index (χ4n) is 4.64. The first-order valence-electron chi connectivity index (χ1n) is 9.24. The molecule has 0 aromatic heterocycles. The predicted octanol–water partition coefficient (Wildman–Crippen LogP) is 3.76.